The van der Waals surface area contributed by atoms with E-state index in [1.54, 1.807) is 0 Å². The Morgan fingerprint density at radius 1 is 1.29 bits per heavy atom. The summed E-state index contributed by atoms with van der Waals surface area (Å²) in [5.74, 6) is 1.90. The monoisotopic (exact) mass is 398 g/mol. The van der Waals surface area contributed by atoms with Gasteiger partial charge >= 0.3 is 0 Å². The van der Waals surface area contributed by atoms with Crippen LogP contribution in [-0.4, -0.2) is 38.3 Å². The SMILES string of the molecule is CCOc1cc(Br)c(CC(=O)NC2CNCCC2C)cc1OCC. The average molecular weight is 399 g/mol. The summed E-state index contributed by atoms with van der Waals surface area (Å²) >= 11 is 3.54. The Hall–Kier alpha value is -1.27. The molecule has 24 heavy (non-hydrogen) atoms. The quantitative estimate of drug-likeness (QED) is 0.741. The second kappa shape index (κ2) is 9.28. The van der Waals surface area contributed by atoms with Crippen LogP contribution < -0.4 is 20.1 Å². The number of benzene rings is 1. The summed E-state index contributed by atoms with van der Waals surface area (Å²) in [6.07, 6.45) is 1.41. The first-order valence-electron chi connectivity index (χ1n) is 8.63. The van der Waals surface area contributed by atoms with E-state index in [1.165, 1.54) is 0 Å². The molecule has 1 saturated heterocycles. The topological polar surface area (TPSA) is 59.6 Å². The van der Waals surface area contributed by atoms with Crippen molar-refractivity contribution in [3.05, 3.63) is 22.2 Å². The second-order valence-corrected chi connectivity index (χ2v) is 6.93. The van der Waals surface area contributed by atoms with Crippen LogP contribution in [0.5, 0.6) is 11.5 Å². The summed E-state index contributed by atoms with van der Waals surface area (Å²) < 4.78 is 12.1. The van der Waals surface area contributed by atoms with Crippen LogP contribution in [0.4, 0.5) is 0 Å². The van der Waals surface area contributed by atoms with Gasteiger partial charge in [-0.3, -0.25) is 4.79 Å². The lowest BCUT2D eigenvalue weighted by molar-refractivity contribution is -0.121. The number of carbonyl (C=O) groups excluding carboxylic acids is 1. The number of piperidine rings is 1. The lowest BCUT2D eigenvalue weighted by atomic mass is 9.94. The molecule has 2 unspecified atom stereocenters. The molecule has 1 amide bonds. The van der Waals surface area contributed by atoms with Gasteiger partial charge in [0.05, 0.1) is 19.6 Å². The molecule has 134 valence electrons. The zero-order valence-corrected chi connectivity index (χ0v) is 16.2. The van der Waals surface area contributed by atoms with Crippen LogP contribution in [0.15, 0.2) is 16.6 Å². The van der Waals surface area contributed by atoms with E-state index in [2.05, 4.69) is 33.5 Å². The number of hydrogen-bond acceptors (Lipinski definition) is 4. The lowest BCUT2D eigenvalue weighted by Gasteiger charge is -2.30. The van der Waals surface area contributed by atoms with Gasteiger partial charge in [0.1, 0.15) is 0 Å². The summed E-state index contributed by atoms with van der Waals surface area (Å²) in [4.78, 5) is 12.4. The van der Waals surface area contributed by atoms with Gasteiger partial charge in [-0.1, -0.05) is 22.9 Å². The molecular weight excluding hydrogens is 372 g/mol. The minimum Gasteiger partial charge on any atom is -0.490 e. The number of carbonyl (C=O) groups is 1. The molecule has 1 aromatic carbocycles. The van der Waals surface area contributed by atoms with Crippen LogP contribution in [-0.2, 0) is 11.2 Å². The Morgan fingerprint density at radius 3 is 2.58 bits per heavy atom. The van der Waals surface area contributed by atoms with Crippen molar-refractivity contribution >= 4 is 21.8 Å². The van der Waals surface area contributed by atoms with Gasteiger partial charge in [-0.2, -0.15) is 0 Å². The van der Waals surface area contributed by atoms with Gasteiger partial charge in [0, 0.05) is 17.1 Å². The fraction of sp³-hybridized carbons (Fsp3) is 0.611. The first-order valence-corrected chi connectivity index (χ1v) is 9.42. The molecule has 2 N–H and O–H groups in total. The van der Waals surface area contributed by atoms with Crippen molar-refractivity contribution < 1.29 is 14.3 Å². The van der Waals surface area contributed by atoms with E-state index in [9.17, 15) is 4.79 Å². The van der Waals surface area contributed by atoms with E-state index in [1.807, 2.05) is 26.0 Å². The highest BCUT2D eigenvalue weighted by molar-refractivity contribution is 9.10. The molecule has 1 heterocycles. The first-order chi connectivity index (χ1) is 11.5. The third kappa shape index (κ3) is 5.11. The average Bonchev–Trinajstić information content (AvgIpc) is 2.54. The third-order valence-electron chi connectivity index (χ3n) is 4.24. The van der Waals surface area contributed by atoms with Gasteiger partial charge in [0.25, 0.3) is 0 Å². The number of amides is 1. The first kappa shape index (κ1) is 19.1. The predicted octanol–water partition coefficient (Wildman–Crippen LogP) is 2.90. The molecule has 0 aliphatic carbocycles. The Balaban J connectivity index is 2.07. The van der Waals surface area contributed by atoms with Gasteiger partial charge in [-0.05, 0) is 50.4 Å². The molecule has 2 rings (SSSR count). The number of nitrogens with one attached hydrogen (secondary N) is 2. The van der Waals surface area contributed by atoms with Gasteiger partial charge in [0.15, 0.2) is 11.5 Å². The summed E-state index contributed by atoms with van der Waals surface area (Å²) in [5, 5.41) is 6.47. The van der Waals surface area contributed by atoms with E-state index < -0.39 is 0 Å². The predicted molar refractivity (Wildman–Crippen MR) is 98.8 cm³/mol. The van der Waals surface area contributed by atoms with Crippen LogP contribution in [0.2, 0.25) is 0 Å². The van der Waals surface area contributed by atoms with Crippen LogP contribution in [0.1, 0.15) is 32.8 Å². The zero-order valence-electron chi connectivity index (χ0n) is 14.7. The van der Waals surface area contributed by atoms with E-state index >= 15 is 0 Å². The van der Waals surface area contributed by atoms with Crippen LogP contribution >= 0.6 is 15.9 Å². The van der Waals surface area contributed by atoms with E-state index in [-0.39, 0.29) is 11.9 Å². The molecular formula is C18H27BrN2O3. The van der Waals surface area contributed by atoms with Gasteiger partial charge in [-0.15, -0.1) is 0 Å². The molecule has 2 atom stereocenters. The normalized spacial score (nSPS) is 20.5. The minimum absolute atomic E-state index is 0.0304. The molecule has 6 heteroatoms. The highest BCUT2D eigenvalue weighted by atomic mass is 79.9. The number of rotatable bonds is 7. The van der Waals surface area contributed by atoms with Gasteiger partial charge < -0.3 is 20.1 Å². The third-order valence-corrected chi connectivity index (χ3v) is 4.98. The summed E-state index contributed by atoms with van der Waals surface area (Å²) in [5.41, 5.74) is 0.899. The molecule has 1 fully saturated rings. The maximum atomic E-state index is 12.4. The van der Waals surface area contributed by atoms with Crippen molar-refractivity contribution in [3.63, 3.8) is 0 Å². The van der Waals surface area contributed by atoms with Crippen molar-refractivity contribution in [1.82, 2.24) is 10.6 Å². The summed E-state index contributed by atoms with van der Waals surface area (Å²) in [6.45, 7) is 9.03. The van der Waals surface area contributed by atoms with Crippen molar-refractivity contribution in [3.8, 4) is 11.5 Å². The smallest absolute Gasteiger partial charge is 0.224 e. The molecule has 1 aliphatic rings. The number of ether oxygens (including phenoxy) is 2. The van der Waals surface area contributed by atoms with Gasteiger partial charge in [0.2, 0.25) is 5.91 Å². The van der Waals surface area contributed by atoms with E-state index in [0.717, 1.165) is 29.5 Å². The molecule has 0 saturated carbocycles. The minimum atomic E-state index is 0.0304. The van der Waals surface area contributed by atoms with Crippen LogP contribution in [0.25, 0.3) is 0 Å². The maximum absolute atomic E-state index is 12.4. The van der Waals surface area contributed by atoms with Crippen molar-refractivity contribution in [2.45, 2.75) is 39.7 Å². The molecule has 0 radical (unpaired) electrons. The molecule has 1 aromatic rings. The highest BCUT2D eigenvalue weighted by Crippen LogP contribution is 2.34. The zero-order chi connectivity index (χ0) is 17.5. The summed E-state index contributed by atoms with van der Waals surface area (Å²) in [6, 6.07) is 3.96. The Bertz CT molecular complexity index is 565. The molecule has 0 aromatic heterocycles. The highest BCUT2D eigenvalue weighted by Gasteiger charge is 2.23. The summed E-state index contributed by atoms with van der Waals surface area (Å²) in [7, 11) is 0. The van der Waals surface area contributed by atoms with Gasteiger partial charge in [-0.25, -0.2) is 0 Å². The standard InChI is InChI=1S/C18H27BrN2O3/c1-4-23-16-8-13(14(19)10-17(16)24-5-2)9-18(22)21-15-11-20-7-6-12(15)3/h8,10,12,15,20H,4-7,9,11H2,1-3H3,(H,21,22). The van der Waals surface area contributed by atoms with Crippen LogP contribution in [0, 0.1) is 5.92 Å². The Labute approximate surface area is 152 Å². The molecule has 0 bridgehead atoms. The maximum Gasteiger partial charge on any atom is 0.224 e. The van der Waals surface area contributed by atoms with Crippen molar-refractivity contribution in [2.75, 3.05) is 26.3 Å². The number of halogens is 1. The fourth-order valence-corrected chi connectivity index (χ4v) is 3.33. The Kier molecular flexibility index (Phi) is 7.37. The fourth-order valence-electron chi connectivity index (χ4n) is 2.86. The largest absolute Gasteiger partial charge is 0.490 e. The molecule has 5 nitrogen and oxygen atoms in total. The van der Waals surface area contributed by atoms with Crippen molar-refractivity contribution in [2.24, 2.45) is 5.92 Å². The van der Waals surface area contributed by atoms with Crippen molar-refractivity contribution in [1.29, 1.82) is 0 Å². The van der Waals surface area contributed by atoms with Crippen LogP contribution in [0.3, 0.4) is 0 Å². The van der Waals surface area contributed by atoms with E-state index in [4.69, 9.17) is 9.47 Å². The van der Waals surface area contributed by atoms with E-state index in [0.29, 0.717) is 37.1 Å². The Morgan fingerprint density at radius 2 is 1.96 bits per heavy atom. The second-order valence-electron chi connectivity index (χ2n) is 6.08. The lowest BCUT2D eigenvalue weighted by Crippen LogP contribution is -2.50. The number of hydrogen-bond donors (Lipinski definition) is 2. The molecule has 0 spiro atoms. The molecule has 1 aliphatic heterocycles.